The fourth-order valence-corrected chi connectivity index (χ4v) is 0.762. The largest absolute Gasteiger partial charge is 0.504 e. The van der Waals surface area contributed by atoms with Crippen molar-refractivity contribution in [3.8, 4) is 11.5 Å². The summed E-state index contributed by atoms with van der Waals surface area (Å²) in [6.45, 7) is 0. The van der Waals surface area contributed by atoms with Gasteiger partial charge in [0.25, 0.3) is 0 Å². The molecule has 0 aliphatic carbocycles. The Morgan fingerprint density at radius 3 is 1.42 bits per heavy atom. The van der Waals surface area contributed by atoms with Gasteiger partial charge < -0.3 is 10.2 Å². The Hall–Kier alpha value is -1.66. The van der Waals surface area contributed by atoms with Crippen LogP contribution in [0, 0.1) is 0 Å². The highest BCUT2D eigenvalue weighted by molar-refractivity contribution is 5.71. The predicted octanol–water partition coefficient (Wildman–Crippen LogP) is 0.700. The van der Waals surface area contributed by atoms with Crippen LogP contribution in [-0.4, -0.2) is 20.6 Å². The molecule has 0 saturated heterocycles. The van der Waals surface area contributed by atoms with E-state index in [1.807, 2.05) is 0 Å². The monoisotopic (exact) mass is 172 g/mol. The van der Waals surface area contributed by atoms with E-state index in [9.17, 15) is 0 Å². The van der Waals surface area contributed by atoms with Gasteiger partial charge >= 0.3 is 0 Å². The van der Waals surface area contributed by atoms with Gasteiger partial charge in [0.05, 0.1) is 11.4 Å². The number of benzene rings is 1. The second-order valence-electron chi connectivity index (χ2n) is 2.11. The van der Waals surface area contributed by atoms with Gasteiger partial charge in [0, 0.05) is 12.1 Å². The van der Waals surface area contributed by atoms with Gasteiger partial charge in [0.15, 0.2) is 11.5 Å². The maximum atomic E-state index is 8.94. The van der Waals surface area contributed by atoms with Crippen LogP contribution in [0.4, 0.5) is 11.4 Å². The van der Waals surface area contributed by atoms with Crippen molar-refractivity contribution < 1.29 is 20.6 Å². The number of hydrogen-bond donors (Lipinski definition) is 6. The van der Waals surface area contributed by atoms with E-state index in [1.54, 1.807) is 11.0 Å². The van der Waals surface area contributed by atoms with E-state index in [4.69, 9.17) is 20.6 Å². The molecule has 6 N–H and O–H groups in total. The van der Waals surface area contributed by atoms with E-state index in [0.717, 1.165) is 12.1 Å². The highest BCUT2D eigenvalue weighted by Gasteiger charge is 2.06. The summed E-state index contributed by atoms with van der Waals surface area (Å²) < 4.78 is 0. The third kappa shape index (κ3) is 1.34. The molecule has 0 aromatic heterocycles. The molecule has 6 nitrogen and oxygen atoms in total. The second-order valence-corrected chi connectivity index (χ2v) is 2.11. The van der Waals surface area contributed by atoms with Crippen LogP contribution >= 0.6 is 0 Å². The maximum Gasteiger partial charge on any atom is 0.159 e. The summed E-state index contributed by atoms with van der Waals surface area (Å²) in [5.41, 5.74) is 3.54. The first-order chi connectivity index (χ1) is 5.69. The molecule has 12 heavy (non-hydrogen) atoms. The Morgan fingerprint density at radius 1 is 0.833 bits per heavy atom. The van der Waals surface area contributed by atoms with E-state index < -0.39 is 11.5 Å². The average Bonchev–Trinajstić information content (AvgIpc) is 2.09. The van der Waals surface area contributed by atoms with E-state index in [0.29, 0.717) is 0 Å². The van der Waals surface area contributed by atoms with Crippen molar-refractivity contribution in [2.75, 3.05) is 11.0 Å². The number of nitrogens with one attached hydrogen (secondary N) is 2. The summed E-state index contributed by atoms with van der Waals surface area (Å²) in [6, 6.07) is 2.10. The van der Waals surface area contributed by atoms with Crippen molar-refractivity contribution in [2.24, 2.45) is 0 Å². The lowest BCUT2D eigenvalue weighted by atomic mass is 10.2. The zero-order chi connectivity index (χ0) is 9.14. The molecule has 6 heteroatoms. The molecule has 0 amide bonds. The van der Waals surface area contributed by atoms with Gasteiger partial charge in [0.2, 0.25) is 0 Å². The zero-order valence-electron chi connectivity index (χ0n) is 5.94. The Balaban J connectivity index is 3.19. The third-order valence-electron chi connectivity index (χ3n) is 1.36. The van der Waals surface area contributed by atoms with Gasteiger partial charge in [-0.2, -0.15) is 0 Å². The quantitative estimate of drug-likeness (QED) is 0.223. The summed E-state index contributed by atoms with van der Waals surface area (Å²) in [6.07, 6.45) is 0. The minimum absolute atomic E-state index is 0.0489. The van der Waals surface area contributed by atoms with Crippen LogP contribution in [0.15, 0.2) is 12.1 Å². The summed E-state index contributed by atoms with van der Waals surface area (Å²) in [7, 11) is 0. The molecule has 0 spiro atoms. The molecular weight excluding hydrogens is 164 g/mol. The summed E-state index contributed by atoms with van der Waals surface area (Å²) in [4.78, 5) is 0. The number of hydrogen-bond acceptors (Lipinski definition) is 6. The summed E-state index contributed by atoms with van der Waals surface area (Å²) in [5.74, 6) is -0.795. The Kier molecular flexibility index (Phi) is 2.22. The van der Waals surface area contributed by atoms with Crippen LogP contribution in [0.25, 0.3) is 0 Å². The first-order valence-electron chi connectivity index (χ1n) is 3.05. The molecule has 1 aromatic rings. The van der Waals surface area contributed by atoms with Gasteiger partial charge in [0.1, 0.15) is 0 Å². The van der Waals surface area contributed by atoms with Gasteiger partial charge in [-0.05, 0) is 0 Å². The van der Waals surface area contributed by atoms with Crippen LogP contribution in [0.2, 0.25) is 0 Å². The van der Waals surface area contributed by atoms with Crippen molar-refractivity contribution in [1.29, 1.82) is 0 Å². The fraction of sp³-hybridized carbons (Fsp3) is 0. The molecule has 0 atom stereocenters. The predicted molar refractivity (Wildman–Crippen MR) is 40.6 cm³/mol. The lowest BCUT2D eigenvalue weighted by Gasteiger charge is -2.07. The van der Waals surface area contributed by atoms with Crippen molar-refractivity contribution in [2.45, 2.75) is 0 Å². The zero-order valence-corrected chi connectivity index (χ0v) is 5.94. The number of phenols is 2. The lowest BCUT2D eigenvalue weighted by molar-refractivity contribution is 0.372. The molecule has 66 valence electrons. The number of aromatic hydroxyl groups is 2. The normalized spacial score (nSPS) is 9.50. The molecule has 0 bridgehead atoms. The second kappa shape index (κ2) is 3.16. The molecule has 0 unspecified atom stereocenters. The highest BCUT2D eigenvalue weighted by atomic mass is 16.5. The Labute approximate surface area is 67.6 Å². The van der Waals surface area contributed by atoms with Gasteiger partial charge in [-0.25, -0.2) is 0 Å². The minimum atomic E-state index is -0.398. The third-order valence-corrected chi connectivity index (χ3v) is 1.36. The van der Waals surface area contributed by atoms with E-state index >= 15 is 0 Å². The van der Waals surface area contributed by atoms with E-state index in [1.165, 1.54) is 0 Å². The fourth-order valence-electron chi connectivity index (χ4n) is 0.762. The first kappa shape index (κ1) is 8.44. The Bertz CT molecular complexity index is 260. The van der Waals surface area contributed by atoms with Crippen molar-refractivity contribution in [3.05, 3.63) is 12.1 Å². The average molecular weight is 172 g/mol. The molecule has 0 radical (unpaired) electrons. The number of anilines is 2. The summed E-state index contributed by atoms with van der Waals surface area (Å²) in [5, 5.41) is 34.8. The Morgan fingerprint density at radius 2 is 1.17 bits per heavy atom. The van der Waals surface area contributed by atoms with Gasteiger partial charge in [-0.3, -0.25) is 21.4 Å². The number of phenolic OH excluding ortho intramolecular Hbond substituents is 2. The van der Waals surface area contributed by atoms with Crippen molar-refractivity contribution >= 4 is 11.4 Å². The molecule has 0 aliphatic rings. The van der Waals surface area contributed by atoms with Gasteiger partial charge in [-0.15, -0.1) is 0 Å². The molecule has 1 aromatic carbocycles. The van der Waals surface area contributed by atoms with E-state index in [-0.39, 0.29) is 11.4 Å². The van der Waals surface area contributed by atoms with Crippen molar-refractivity contribution in [1.82, 2.24) is 0 Å². The topological polar surface area (TPSA) is 105 Å². The maximum absolute atomic E-state index is 8.94. The summed E-state index contributed by atoms with van der Waals surface area (Å²) >= 11 is 0. The van der Waals surface area contributed by atoms with Crippen LogP contribution in [0.3, 0.4) is 0 Å². The standard InChI is InChI=1S/C6H8N2O4/c9-5-1-3(7-11)4(8-12)2-6(5)10/h1-2,7-12H. The van der Waals surface area contributed by atoms with E-state index in [2.05, 4.69) is 0 Å². The van der Waals surface area contributed by atoms with Crippen LogP contribution in [0.1, 0.15) is 0 Å². The van der Waals surface area contributed by atoms with Crippen LogP contribution in [-0.2, 0) is 0 Å². The lowest BCUT2D eigenvalue weighted by Crippen LogP contribution is -1.97. The smallest absolute Gasteiger partial charge is 0.159 e. The molecule has 0 fully saturated rings. The molecule has 0 saturated carbocycles. The molecule has 1 rings (SSSR count). The van der Waals surface area contributed by atoms with Crippen molar-refractivity contribution in [3.63, 3.8) is 0 Å². The SMILES string of the molecule is ONc1cc(O)c(O)cc1NO. The van der Waals surface area contributed by atoms with Crippen LogP contribution < -0.4 is 11.0 Å². The molecule has 0 aliphatic heterocycles. The van der Waals surface area contributed by atoms with Gasteiger partial charge in [-0.1, -0.05) is 0 Å². The first-order valence-corrected chi connectivity index (χ1v) is 3.05. The van der Waals surface area contributed by atoms with Crippen LogP contribution in [0.5, 0.6) is 11.5 Å². The minimum Gasteiger partial charge on any atom is -0.504 e. The molecule has 0 heterocycles. The highest BCUT2D eigenvalue weighted by Crippen LogP contribution is 2.33. The number of rotatable bonds is 2. The molecular formula is C6H8N2O4.